The topological polar surface area (TPSA) is 94.8 Å². The summed E-state index contributed by atoms with van der Waals surface area (Å²) in [4.78, 5) is 25.9. The van der Waals surface area contributed by atoms with Gasteiger partial charge >= 0.3 is 5.97 Å². The number of aryl methyl sites for hydroxylation is 2. The number of nitrogens with one attached hydrogen (secondary N) is 1. The van der Waals surface area contributed by atoms with E-state index < -0.39 is 5.97 Å². The van der Waals surface area contributed by atoms with E-state index in [-0.39, 0.29) is 12.2 Å². The minimum atomic E-state index is -0.480. The normalized spacial score (nSPS) is 10.9. The standard InChI is InChI=1S/C21H20N6O2/c1-4-29-20(28)16-12-22-27(18-10-9-15-7-5-6-8-17(15)25-18)19(16)26-21-23-13(2)11-14(3)24-21/h5-12H,4H2,1-3H3,(H,23,24,26). The van der Waals surface area contributed by atoms with Crippen LogP contribution in [0.2, 0.25) is 0 Å². The summed E-state index contributed by atoms with van der Waals surface area (Å²) in [6, 6.07) is 13.5. The predicted octanol–water partition coefficient (Wildman–Crippen LogP) is 3.75. The van der Waals surface area contributed by atoms with Crippen LogP contribution in [0.15, 0.2) is 48.7 Å². The SMILES string of the molecule is CCOC(=O)c1cnn(-c2ccc3ccccc3n2)c1Nc1nc(C)cc(C)n1. The molecule has 4 rings (SSSR count). The number of carbonyl (C=O) groups excluding carboxylic acids is 1. The second-order valence-electron chi connectivity index (χ2n) is 6.50. The number of rotatable bonds is 5. The van der Waals surface area contributed by atoms with Gasteiger partial charge in [0.2, 0.25) is 5.95 Å². The minimum absolute atomic E-state index is 0.262. The molecule has 0 fully saturated rings. The molecule has 0 aliphatic rings. The van der Waals surface area contributed by atoms with Crippen LogP contribution in [0.1, 0.15) is 28.7 Å². The van der Waals surface area contributed by atoms with Gasteiger partial charge in [-0.05, 0) is 45.0 Å². The summed E-state index contributed by atoms with van der Waals surface area (Å²) >= 11 is 0. The van der Waals surface area contributed by atoms with E-state index in [9.17, 15) is 4.79 Å². The first-order chi connectivity index (χ1) is 14.0. The number of para-hydroxylation sites is 1. The smallest absolute Gasteiger partial charge is 0.343 e. The van der Waals surface area contributed by atoms with E-state index in [0.717, 1.165) is 22.3 Å². The number of fused-ring (bicyclic) bond motifs is 1. The van der Waals surface area contributed by atoms with Crippen LogP contribution >= 0.6 is 0 Å². The van der Waals surface area contributed by atoms with Crippen LogP contribution < -0.4 is 5.32 Å². The molecule has 0 bridgehead atoms. The van der Waals surface area contributed by atoms with Crippen molar-refractivity contribution in [2.75, 3.05) is 11.9 Å². The van der Waals surface area contributed by atoms with Gasteiger partial charge in [0.25, 0.3) is 0 Å². The van der Waals surface area contributed by atoms with Gasteiger partial charge in [0.1, 0.15) is 5.56 Å². The number of hydrogen-bond donors (Lipinski definition) is 1. The number of anilines is 2. The highest BCUT2D eigenvalue weighted by Crippen LogP contribution is 2.24. The molecule has 8 heteroatoms. The van der Waals surface area contributed by atoms with Crippen molar-refractivity contribution >= 4 is 28.6 Å². The Morgan fingerprint density at radius 3 is 2.59 bits per heavy atom. The summed E-state index contributed by atoms with van der Waals surface area (Å²) in [5.74, 6) is 0.851. The number of aromatic nitrogens is 5. The summed E-state index contributed by atoms with van der Waals surface area (Å²) in [6.45, 7) is 5.79. The Bertz CT molecular complexity index is 1180. The number of carbonyl (C=O) groups is 1. The second-order valence-corrected chi connectivity index (χ2v) is 6.50. The molecule has 4 aromatic rings. The molecule has 29 heavy (non-hydrogen) atoms. The van der Waals surface area contributed by atoms with Gasteiger partial charge in [-0.3, -0.25) is 0 Å². The van der Waals surface area contributed by atoms with Gasteiger partial charge in [0.05, 0.1) is 18.3 Å². The Balaban J connectivity index is 1.83. The lowest BCUT2D eigenvalue weighted by Gasteiger charge is -2.11. The Hall–Kier alpha value is -3.81. The van der Waals surface area contributed by atoms with E-state index in [1.165, 1.54) is 6.20 Å². The minimum Gasteiger partial charge on any atom is -0.462 e. The van der Waals surface area contributed by atoms with Crippen LogP contribution in [0.4, 0.5) is 11.8 Å². The number of hydrogen-bond acceptors (Lipinski definition) is 7. The number of ether oxygens (including phenoxy) is 1. The third kappa shape index (κ3) is 3.77. The van der Waals surface area contributed by atoms with Crippen molar-refractivity contribution in [3.8, 4) is 5.82 Å². The third-order valence-corrected chi connectivity index (χ3v) is 4.28. The fourth-order valence-corrected chi connectivity index (χ4v) is 3.06. The first kappa shape index (κ1) is 18.5. The Kier molecular flexibility index (Phi) is 4.90. The molecule has 3 aromatic heterocycles. The summed E-state index contributed by atoms with van der Waals surface area (Å²) in [7, 11) is 0. The van der Waals surface area contributed by atoms with Crippen molar-refractivity contribution in [3.63, 3.8) is 0 Å². The molecule has 0 spiro atoms. The zero-order chi connectivity index (χ0) is 20.4. The maximum absolute atomic E-state index is 12.5. The van der Waals surface area contributed by atoms with Crippen molar-refractivity contribution in [1.29, 1.82) is 0 Å². The van der Waals surface area contributed by atoms with Crippen LogP contribution in [-0.2, 0) is 4.74 Å². The van der Waals surface area contributed by atoms with Crippen LogP contribution in [-0.4, -0.2) is 37.3 Å². The molecule has 1 aromatic carbocycles. The van der Waals surface area contributed by atoms with Crippen molar-refractivity contribution in [1.82, 2.24) is 24.7 Å². The van der Waals surface area contributed by atoms with Crippen LogP contribution in [0.25, 0.3) is 16.7 Å². The molecule has 0 saturated carbocycles. The fraction of sp³-hybridized carbons (Fsp3) is 0.190. The van der Waals surface area contributed by atoms with E-state index in [1.54, 1.807) is 11.6 Å². The maximum atomic E-state index is 12.5. The van der Waals surface area contributed by atoms with Gasteiger partial charge in [0.15, 0.2) is 11.6 Å². The molecule has 8 nitrogen and oxygen atoms in total. The highest BCUT2D eigenvalue weighted by atomic mass is 16.5. The largest absolute Gasteiger partial charge is 0.462 e. The molecule has 0 unspecified atom stereocenters. The third-order valence-electron chi connectivity index (χ3n) is 4.28. The lowest BCUT2D eigenvalue weighted by molar-refractivity contribution is 0.0527. The van der Waals surface area contributed by atoms with Gasteiger partial charge in [-0.25, -0.2) is 19.7 Å². The van der Waals surface area contributed by atoms with Gasteiger partial charge in [0, 0.05) is 16.8 Å². The Morgan fingerprint density at radius 1 is 1.07 bits per heavy atom. The Labute approximate surface area is 167 Å². The van der Waals surface area contributed by atoms with Gasteiger partial charge in [-0.15, -0.1) is 0 Å². The molecule has 0 amide bonds. The molecule has 1 N–H and O–H groups in total. The van der Waals surface area contributed by atoms with E-state index >= 15 is 0 Å². The summed E-state index contributed by atoms with van der Waals surface area (Å²) in [5.41, 5.74) is 2.73. The number of nitrogens with zero attached hydrogens (tertiary/aromatic N) is 5. The zero-order valence-corrected chi connectivity index (χ0v) is 16.4. The van der Waals surface area contributed by atoms with E-state index in [2.05, 4.69) is 25.4 Å². The van der Waals surface area contributed by atoms with E-state index in [1.807, 2.05) is 56.3 Å². The molecule has 3 heterocycles. The van der Waals surface area contributed by atoms with Crippen LogP contribution in [0, 0.1) is 13.8 Å². The van der Waals surface area contributed by atoms with Gasteiger partial charge in [-0.2, -0.15) is 9.78 Å². The summed E-state index contributed by atoms with van der Waals surface area (Å²) < 4.78 is 6.73. The number of pyridine rings is 1. The molecule has 0 radical (unpaired) electrons. The van der Waals surface area contributed by atoms with Crippen molar-refractivity contribution in [2.45, 2.75) is 20.8 Å². The fourth-order valence-electron chi connectivity index (χ4n) is 3.06. The molecular weight excluding hydrogens is 368 g/mol. The van der Waals surface area contributed by atoms with Crippen molar-refractivity contribution in [2.24, 2.45) is 0 Å². The molecular formula is C21H20N6O2. The second kappa shape index (κ2) is 7.67. The summed E-state index contributed by atoms with van der Waals surface area (Å²) in [5, 5.41) is 8.51. The number of esters is 1. The highest BCUT2D eigenvalue weighted by Gasteiger charge is 2.21. The number of benzene rings is 1. The average molecular weight is 388 g/mol. The van der Waals surface area contributed by atoms with Crippen molar-refractivity contribution in [3.05, 3.63) is 65.6 Å². The van der Waals surface area contributed by atoms with Gasteiger partial charge in [-0.1, -0.05) is 18.2 Å². The Morgan fingerprint density at radius 2 is 1.83 bits per heavy atom. The lowest BCUT2D eigenvalue weighted by Crippen LogP contribution is -2.11. The molecule has 0 atom stereocenters. The first-order valence-electron chi connectivity index (χ1n) is 9.26. The molecule has 146 valence electrons. The van der Waals surface area contributed by atoms with E-state index in [4.69, 9.17) is 4.74 Å². The van der Waals surface area contributed by atoms with Crippen LogP contribution in [0.5, 0.6) is 0 Å². The average Bonchev–Trinajstić information content (AvgIpc) is 3.10. The van der Waals surface area contributed by atoms with Crippen molar-refractivity contribution < 1.29 is 9.53 Å². The highest BCUT2D eigenvalue weighted by molar-refractivity contribution is 5.95. The summed E-state index contributed by atoms with van der Waals surface area (Å²) in [6.07, 6.45) is 1.46. The maximum Gasteiger partial charge on any atom is 0.343 e. The molecule has 0 aliphatic carbocycles. The first-order valence-corrected chi connectivity index (χ1v) is 9.26. The van der Waals surface area contributed by atoms with Crippen LogP contribution in [0.3, 0.4) is 0 Å². The zero-order valence-electron chi connectivity index (χ0n) is 16.4. The molecule has 0 aliphatic heterocycles. The van der Waals surface area contributed by atoms with E-state index in [0.29, 0.717) is 17.6 Å². The van der Waals surface area contributed by atoms with Gasteiger partial charge < -0.3 is 10.1 Å². The molecule has 0 saturated heterocycles. The quantitative estimate of drug-likeness (QED) is 0.520. The monoisotopic (exact) mass is 388 g/mol. The lowest BCUT2D eigenvalue weighted by atomic mass is 10.2. The predicted molar refractivity (Wildman–Crippen MR) is 110 cm³/mol.